The Kier molecular flexibility index (Phi) is 7.55. The first-order valence-electron chi connectivity index (χ1n) is 8.76. The normalized spacial score (nSPS) is 13.8. The highest BCUT2D eigenvalue weighted by molar-refractivity contribution is 5.80. The van der Waals surface area contributed by atoms with Crippen LogP contribution < -0.4 is 15.4 Å². The van der Waals surface area contributed by atoms with Gasteiger partial charge in [0.15, 0.2) is 17.6 Å². The molecular formula is C20H25F2N3O2. The van der Waals surface area contributed by atoms with Gasteiger partial charge < -0.3 is 20.5 Å². The van der Waals surface area contributed by atoms with E-state index in [0.29, 0.717) is 23.8 Å². The third kappa shape index (κ3) is 5.92. The van der Waals surface area contributed by atoms with E-state index in [2.05, 4.69) is 15.6 Å². The molecule has 0 fully saturated rings. The summed E-state index contributed by atoms with van der Waals surface area (Å²) in [7, 11) is 1.58. The van der Waals surface area contributed by atoms with Crippen molar-refractivity contribution in [2.45, 2.75) is 26.0 Å². The van der Waals surface area contributed by atoms with Gasteiger partial charge in [0, 0.05) is 6.54 Å². The minimum Gasteiger partial charge on any atom is -0.497 e. The van der Waals surface area contributed by atoms with Crippen LogP contribution >= 0.6 is 0 Å². The maximum atomic E-state index is 13.4. The largest absolute Gasteiger partial charge is 0.497 e. The molecule has 7 heteroatoms. The second-order valence-electron chi connectivity index (χ2n) is 6.05. The highest BCUT2D eigenvalue weighted by atomic mass is 19.2. The molecule has 0 aliphatic heterocycles. The van der Waals surface area contributed by atoms with Crippen molar-refractivity contribution in [3.63, 3.8) is 0 Å². The molecule has 27 heavy (non-hydrogen) atoms. The Hall–Kier alpha value is -2.67. The van der Waals surface area contributed by atoms with E-state index in [1.165, 1.54) is 6.07 Å². The summed E-state index contributed by atoms with van der Waals surface area (Å²) < 4.78 is 31.6. The number of aliphatic hydroxyl groups excluding tert-OH is 1. The number of ether oxygens (including phenoxy) is 1. The Morgan fingerprint density at radius 2 is 1.78 bits per heavy atom. The van der Waals surface area contributed by atoms with E-state index in [9.17, 15) is 13.9 Å². The minimum atomic E-state index is -0.891. The van der Waals surface area contributed by atoms with Crippen molar-refractivity contribution in [2.24, 2.45) is 4.99 Å². The van der Waals surface area contributed by atoms with E-state index in [0.717, 1.165) is 17.7 Å². The van der Waals surface area contributed by atoms with Crippen molar-refractivity contribution < 1.29 is 18.6 Å². The van der Waals surface area contributed by atoms with Crippen LogP contribution in [0.15, 0.2) is 47.5 Å². The zero-order valence-corrected chi connectivity index (χ0v) is 15.7. The van der Waals surface area contributed by atoms with Gasteiger partial charge in [-0.05, 0) is 49.2 Å². The SMILES string of the molecule is CCNC(=NCC(O)c1ccc(OC)cc1)NC(C)c1ccc(F)c(F)c1. The molecule has 0 radical (unpaired) electrons. The van der Waals surface area contributed by atoms with Crippen molar-refractivity contribution >= 4 is 5.96 Å². The molecule has 0 saturated heterocycles. The molecule has 0 aliphatic carbocycles. The van der Waals surface area contributed by atoms with Gasteiger partial charge >= 0.3 is 0 Å². The number of hydrogen-bond donors (Lipinski definition) is 3. The van der Waals surface area contributed by atoms with Crippen LogP contribution in [-0.4, -0.2) is 31.3 Å². The van der Waals surface area contributed by atoms with Gasteiger partial charge in [-0.2, -0.15) is 0 Å². The topological polar surface area (TPSA) is 65.9 Å². The summed E-state index contributed by atoms with van der Waals surface area (Å²) in [6, 6.07) is 10.6. The predicted octanol–water partition coefficient (Wildman–Crippen LogP) is 3.32. The fourth-order valence-electron chi connectivity index (χ4n) is 2.50. The molecule has 3 N–H and O–H groups in total. The standard InChI is InChI=1S/C20H25F2N3O2/c1-4-23-20(25-13(2)15-7-10-17(21)18(22)11-15)24-12-19(26)14-5-8-16(27-3)9-6-14/h5-11,13,19,26H,4,12H2,1-3H3,(H2,23,24,25). The lowest BCUT2D eigenvalue weighted by molar-refractivity contribution is 0.187. The number of nitrogens with one attached hydrogen (secondary N) is 2. The summed E-state index contributed by atoms with van der Waals surface area (Å²) in [5, 5.41) is 16.5. The average Bonchev–Trinajstić information content (AvgIpc) is 2.68. The summed E-state index contributed by atoms with van der Waals surface area (Å²) >= 11 is 0. The summed E-state index contributed by atoms with van der Waals surface area (Å²) in [4.78, 5) is 4.38. The molecule has 2 rings (SSSR count). The first kappa shape index (κ1) is 20.6. The summed E-state index contributed by atoms with van der Waals surface area (Å²) in [5.74, 6) is -0.584. The molecule has 0 amide bonds. The minimum absolute atomic E-state index is 0.145. The van der Waals surface area contributed by atoms with Crippen LogP contribution in [0.1, 0.15) is 37.1 Å². The van der Waals surface area contributed by atoms with Crippen LogP contribution in [0.4, 0.5) is 8.78 Å². The number of hydrogen-bond acceptors (Lipinski definition) is 3. The molecule has 0 aromatic heterocycles. The zero-order chi connectivity index (χ0) is 19.8. The van der Waals surface area contributed by atoms with Gasteiger partial charge in [-0.3, -0.25) is 4.99 Å². The van der Waals surface area contributed by atoms with Gasteiger partial charge in [0.05, 0.1) is 25.8 Å². The lowest BCUT2D eigenvalue weighted by Gasteiger charge is -2.19. The number of nitrogens with zero attached hydrogens (tertiary/aromatic N) is 1. The average molecular weight is 377 g/mol. The molecule has 2 atom stereocenters. The fraction of sp³-hybridized carbons (Fsp3) is 0.350. The van der Waals surface area contributed by atoms with Crippen LogP contribution in [0, 0.1) is 11.6 Å². The Morgan fingerprint density at radius 3 is 2.37 bits per heavy atom. The quantitative estimate of drug-likeness (QED) is 0.512. The first-order chi connectivity index (χ1) is 12.9. The monoisotopic (exact) mass is 377 g/mol. The van der Waals surface area contributed by atoms with Crippen LogP contribution in [0.25, 0.3) is 0 Å². The van der Waals surface area contributed by atoms with Crippen LogP contribution in [-0.2, 0) is 0 Å². The fourth-order valence-corrected chi connectivity index (χ4v) is 2.50. The number of aliphatic imine (C=N–C) groups is 1. The van der Waals surface area contributed by atoms with E-state index < -0.39 is 17.7 Å². The molecule has 146 valence electrons. The first-order valence-corrected chi connectivity index (χ1v) is 8.76. The molecule has 2 aromatic carbocycles. The summed E-state index contributed by atoms with van der Waals surface area (Å²) in [6.45, 7) is 4.50. The van der Waals surface area contributed by atoms with Crippen molar-refractivity contribution in [1.29, 1.82) is 0 Å². The Morgan fingerprint density at radius 1 is 1.11 bits per heavy atom. The second-order valence-corrected chi connectivity index (χ2v) is 6.05. The predicted molar refractivity (Wildman–Crippen MR) is 102 cm³/mol. The molecule has 0 aliphatic rings. The van der Waals surface area contributed by atoms with Gasteiger partial charge in [-0.25, -0.2) is 8.78 Å². The highest BCUT2D eigenvalue weighted by Crippen LogP contribution is 2.18. The molecule has 2 unspecified atom stereocenters. The van der Waals surface area contributed by atoms with Gasteiger partial charge in [-0.1, -0.05) is 18.2 Å². The third-order valence-corrected chi connectivity index (χ3v) is 4.06. The molecule has 0 spiro atoms. The van der Waals surface area contributed by atoms with E-state index in [4.69, 9.17) is 4.74 Å². The second kappa shape index (κ2) is 9.87. The van der Waals surface area contributed by atoms with Gasteiger partial charge in [0.2, 0.25) is 0 Å². The van der Waals surface area contributed by atoms with E-state index >= 15 is 0 Å². The van der Waals surface area contributed by atoms with Crippen molar-refractivity contribution in [3.05, 3.63) is 65.2 Å². The molecule has 2 aromatic rings. The molecule has 0 bridgehead atoms. The highest BCUT2D eigenvalue weighted by Gasteiger charge is 2.12. The van der Waals surface area contributed by atoms with E-state index in [1.54, 1.807) is 31.4 Å². The molecule has 5 nitrogen and oxygen atoms in total. The Labute approximate surface area is 158 Å². The van der Waals surface area contributed by atoms with E-state index in [1.807, 2.05) is 13.8 Å². The lowest BCUT2D eigenvalue weighted by atomic mass is 10.1. The Balaban J connectivity index is 2.04. The summed E-state index contributed by atoms with van der Waals surface area (Å²) in [6.07, 6.45) is -0.773. The number of guanidine groups is 1. The lowest BCUT2D eigenvalue weighted by Crippen LogP contribution is -2.39. The number of methoxy groups -OCH3 is 1. The zero-order valence-electron chi connectivity index (χ0n) is 15.7. The number of halogens is 2. The van der Waals surface area contributed by atoms with Gasteiger partial charge in [0.1, 0.15) is 5.75 Å². The van der Waals surface area contributed by atoms with E-state index in [-0.39, 0.29) is 12.6 Å². The third-order valence-electron chi connectivity index (χ3n) is 4.06. The maximum Gasteiger partial charge on any atom is 0.191 e. The van der Waals surface area contributed by atoms with Crippen molar-refractivity contribution in [1.82, 2.24) is 10.6 Å². The van der Waals surface area contributed by atoms with Crippen LogP contribution in [0.3, 0.4) is 0 Å². The smallest absolute Gasteiger partial charge is 0.191 e. The molecular weight excluding hydrogens is 352 g/mol. The van der Waals surface area contributed by atoms with Crippen molar-refractivity contribution in [3.8, 4) is 5.75 Å². The number of aliphatic hydroxyl groups is 1. The number of rotatable bonds is 7. The van der Waals surface area contributed by atoms with Crippen LogP contribution in [0.2, 0.25) is 0 Å². The van der Waals surface area contributed by atoms with Crippen molar-refractivity contribution in [2.75, 3.05) is 20.2 Å². The number of benzene rings is 2. The van der Waals surface area contributed by atoms with Crippen LogP contribution in [0.5, 0.6) is 5.75 Å². The van der Waals surface area contributed by atoms with Gasteiger partial charge in [-0.15, -0.1) is 0 Å². The molecule has 0 heterocycles. The Bertz CT molecular complexity index is 766. The maximum absolute atomic E-state index is 13.4. The summed E-state index contributed by atoms with van der Waals surface area (Å²) in [5.41, 5.74) is 1.32. The van der Waals surface area contributed by atoms with Gasteiger partial charge in [0.25, 0.3) is 0 Å². The molecule has 0 saturated carbocycles.